The highest BCUT2D eigenvalue weighted by Crippen LogP contribution is 2.02. The average Bonchev–Trinajstić information content (AvgIpc) is 2.35. The molecule has 0 aliphatic heterocycles. The number of benzene rings is 1. The molecule has 1 atom stereocenters. The van der Waals surface area contributed by atoms with Crippen molar-refractivity contribution in [1.29, 1.82) is 0 Å². The number of aromatic amines is 1. The van der Waals surface area contributed by atoms with Crippen molar-refractivity contribution < 1.29 is 9.90 Å². The van der Waals surface area contributed by atoms with Crippen molar-refractivity contribution in [2.75, 3.05) is 0 Å². The Kier molecular flexibility index (Phi) is 2.99. The Labute approximate surface area is 100 Å². The van der Waals surface area contributed by atoms with Gasteiger partial charge in [0.25, 0.3) is 11.1 Å². The molecule has 0 amide bonds. The summed E-state index contributed by atoms with van der Waals surface area (Å²) in [7, 11) is 0. The minimum absolute atomic E-state index is 0.235. The zero-order valence-corrected chi connectivity index (χ0v) is 9.29. The van der Waals surface area contributed by atoms with Gasteiger partial charge in [-0.05, 0) is 12.1 Å². The van der Waals surface area contributed by atoms with E-state index in [9.17, 15) is 14.4 Å². The van der Waals surface area contributed by atoms with Gasteiger partial charge in [-0.3, -0.25) is 19.5 Å². The molecule has 0 fully saturated rings. The molecule has 0 bridgehead atoms. The molecule has 2 rings (SSSR count). The van der Waals surface area contributed by atoms with Gasteiger partial charge in [-0.25, -0.2) is 4.68 Å². The van der Waals surface area contributed by atoms with E-state index in [2.05, 4.69) is 5.10 Å². The SMILES string of the molecule is NC(Cn1[nH]c(=O)c2ccccc2c1=O)C(=O)O. The molecule has 0 saturated carbocycles. The zero-order chi connectivity index (χ0) is 13.3. The highest BCUT2D eigenvalue weighted by Gasteiger charge is 2.14. The second kappa shape index (κ2) is 4.46. The summed E-state index contributed by atoms with van der Waals surface area (Å²) in [5, 5.41) is 11.5. The molecule has 1 unspecified atom stereocenters. The molecule has 7 heteroatoms. The van der Waals surface area contributed by atoms with E-state index < -0.39 is 23.1 Å². The van der Waals surface area contributed by atoms with Gasteiger partial charge in [-0.1, -0.05) is 12.1 Å². The van der Waals surface area contributed by atoms with Crippen LogP contribution in [-0.4, -0.2) is 26.9 Å². The first kappa shape index (κ1) is 12.1. The predicted molar refractivity (Wildman–Crippen MR) is 64.4 cm³/mol. The van der Waals surface area contributed by atoms with E-state index in [4.69, 9.17) is 10.8 Å². The number of aliphatic carboxylic acids is 1. The fourth-order valence-corrected chi connectivity index (χ4v) is 1.65. The maximum Gasteiger partial charge on any atom is 0.322 e. The molecule has 0 aliphatic carbocycles. The number of carboxylic acids is 1. The van der Waals surface area contributed by atoms with Crippen LogP contribution in [0.1, 0.15) is 0 Å². The fraction of sp³-hybridized carbons (Fsp3) is 0.182. The van der Waals surface area contributed by atoms with Crippen molar-refractivity contribution in [3.05, 3.63) is 45.0 Å². The fourth-order valence-electron chi connectivity index (χ4n) is 1.65. The van der Waals surface area contributed by atoms with Crippen LogP contribution < -0.4 is 16.9 Å². The number of H-pyrrole nitrogens is 1. The topological polar surface area (TPSA) is 118 Å². The lowest BCUT2D eigenvalue weighted by Crippen LogP contribution is -2.40. The number of hydrogen-bond acceptors (Lipinski definition) is 4. The first-order chi connectivity index (χ1) is 8.50. The zero-order valence-electron chi connectivity index (χ0n) is 9.29. The molecule has 94 valence electrons. The number of nitrogens with one attached hydrogen (secondary N) is 1. The maximum absolute atomic E-state index is 12.0. The molecule has 18 heavy (non-hydrogen) atoms. The van der Waals surface area contributed by atoms with Crippen molar-refractivity contribution in [3.63, 3.8) is 0 Å². The van der Waals surface area contributed by atoms with Gasteiger partial charge < -0.3 is 10.8 Å². The lowest BCUT2D eigenvalue weighted by molar-refractivity contribution is -0.138. The Morgan fingerprint density at radius 2 is 1.94 bits per heavy atom. The number of nitrogens with two attached hydrogens (primary N) is 1. The molecule has 1 aromatic carbocycles. The molecule has 7 nitrogen and oxygen atoms in total. The molecule has 1 aromatic heterocycles. The molecular weight excluding hydrogens is 238 g/mol. The Bertz CT molecular complexity index is 716. The van der Waals surface area contributed by atoms with Crippen molar-refractivity contribution in [2.24, 2.45) is 5.73 Å². The third kappa shape index (κ3) is 2.03. The van der Waals surface area contributed by atoms with Crippen LogP contribution in [0.5, 0.6) is 0 Å². The third-order valence-electron chi connectivity index (χ3n) is 2.58. The van der Waals surface area contributed by atoms with Gasteiger partial charge in [-0.2, -0.15) is 0 Å². The van der Waals surface area contributed by atoms with Gasteiger partial charge in [0, 0.05) is 0 Å². The van der Waals surface area contributed by atoms with E-state index in [1.807, 2.05) is 0 Å². The predicted octanol–water partition coefficient (Wildman–Crippen LogP) is -0.898. The van der Waals surface area contributed by atoms with E-state index in [0.717, 1.165) is 4.68 Å². The lowest BCUT2D eigenvalue weighted by Gasteiger charge is -2.09. The molecule has 0 saturated heterocycles. The molecule has 0 aliphatic rings. The second-order valence-electron chi connectivity index (χ2n) is 3.85. The molecular formula is C11H11N3O4. The van der Waals surface area contributed by atoms with Crippen LogP contribution in [0.2, 0.25) is 0 Å². The summed E-state index contributed by atoms with van der Waals surface area (Å²) in [5.74, 6) is -1.24. The van der Waals surface area contributed by atoms with Crippen LogP contribution in [0.3, 0.4) is 0 Å². The van der Waals surface area contributed by atoms with Gasteiger partial charge in [-0.15, -0.1) is 0 Å². The number of nitrogens with zero attached hydrogens (tertiary/aromatic N) is 1. The lowest BCUT2D eigenvalue weighted by atomic mass is 10.2. The smallest absolute Gasteiger partial charge is 0.322 e. The van der Waals surface area contributed by atoms with Crippen molar-refractivity contribution in [3.8, 4) is 0 Å². The minimum atomic E-state index is -1.25. The van der Waals surface area contributed by atoms with E-state index in [-0.39, 0.29) is 17.3 Å². The summed E-state index contributed by atoms with van der Waals surface area (Å²) in [4.78, 5) is 34.3. The Balaban J connectivity index is 2.60. The van der Waals surface area contributed by atoms with Crippen molar-refractivity contribution in [2.45, 2.75) is 12.6 Å². The van der Waals surface area contributed by atoms with Gasteiger partial charge >= 0.3 is 5.97 Å². The number of fused-ring (bicyclic) bond motifs is 1. The van der Waals surface area contributed by atoms with Crippen LogP contribution in [0.25, 0.3) is 10.8 Å². The minimum Gasteiger partial charge on any atom is -0.480 e. The number of hydrogen-bond donors (Lipinski definition) is 3. The van der Waals surface area contributed by atoms with Crippen LogP contribution in [0.15, 0.2) is 33.9 Å². The van der Waals surface area contributed by atoms with Crippen molar-refractivity contribution in [1.82, 2.24) is 9.78 Å². The quantitative estimate of drug-likeness (QED) is 0.651. The maximum atomic E-state index is 12.0. The monoisotopic (exact) mass is 249 g/mol. The second-order valence-corrected chi connectivity index (χ2v) is 3.85. The van der Waals surface area contributed by atoms with E-state index in [0.29, 0.717) is 0 Å². The molecule has 4 N–H and O–H groups in total. The largest absolute Gasteiger partial charge is 0.480 e. The number of rotatable bonds is 3. The Hall–Kier alpha value is -2.41. The number of aromatic nitrogens is 2. The summed E-state index contributed by atoms with van der Waals surface area (Å²) < 4.78 is 0.920. The molecule has 1 heterocycles. The first-order valence-electron chi connectivity index (χ1n) is 5.21. The molecule has 0 radical (unpaired) electrons. The van der Waals surface area contributed by atoms with Crippen molar-refractivity contribution >= 4 is 16.7 Å². The molecule has 2 aromatic rings. The normalized spacial score (nSPS) is 12.5. The number of carboxylic acid groups (broad SMARTS) is 1. The Morgan fingerprint density at radius 1 is 1.33 bits per heavy atom. The van der Waals surface area contributed by atoms with E-state index >= 15 is 0 Å². The van der Waals surface area contributed by atoms with Gasteiger partial charge in [0.05, 0.1) is 17.3 Å². The summed E-state index contributed by atoms with van der Waals surface area (Å²) in [6.07, 6.45) is 0. The standard InChI is InChI=1S/C11H11N3O4/c12-8(11(17)18)5-14-10(16)7-4-2-1-3-6(7)9(15)13-14/h1-4,8H,5,12H2,(H,13,15)(H,17,18). The van der Waals surface area contributed by atoms with E-state index in [1.54, 1.807) is 12.1 Å². The first-order valence-corrected chi connectivity index (χ1v) is 5.21. The van der Waals surface area contributed by atoms with Gasteiger partial charge in [0.2, 0.25) is 0 Å². The van der Waals surface area contributed by atoms with Crippen LogP contribution >= 0.6 is 0 Å². The summed E-state index contributed by atoms with van der Waals surface area (Å²) in [5.41, 5.74) is 4.40. The summed E-state index contributed by atoms with van der Waals surface area (Å²) in [6.45, 7) is -0.283. The Morgan fingerprint density at radius 3 is 2.56 bits per heavy atom. The third-order valence-corrected chi connectivity index (χ3v) is 2.58. The highest BCUT2D eigenvalue weighted by molar-refractivity contribution is 5.80. The van der Waals surface area contributed by atoms with Gasteiger partial charge in [0.1, 0.15) is 6.04 Å². The van der Waals surface area contributed by atoms with Crippen LogP contribution in [0.4, 0.5) is 0 Å². The number of carbonyl (C=O) groups is 1. The van der Waals surface area contributed by atoms with Gasteiger partial charge in [0.15, 0.2) is 0 Å². The van der Waals surface area contributed by atoms with E-state index in [1.165, 1.54) is 12.1 Å². The highest BCUT2D eigenvalue weighted by atomic mass is 16.4. The molecule has 0 spiro atoms. The average molecular weight is 249 g/mol. The summed E-state index contributed by atoms with van der Waals surface area (Å²) >= 11 is 0. The summed E-state index contributed by atoms with van der Waals surface area (Å²) in [6, 6.07) is 5.06. The van der Waals surface area contributed by atoms with Crippen LogP contribution in [-0.2, 0) is 11.3 Å². The van der Waals surface area contributed by atoms with Crippen LogP contribution in [0, 0.1) is 0 Å².